The minimum atomic E-state index is -4.11. The molecule has 9 heteroatoms. The Hall–Kier alpha value is -1.90. The maximum Gasteiger partial charge on any atom is 0.391 e. The first-order valence-electron chi connectivity index (χ1n) is 8.12. The van der Waals surface area contributed by atoms with Crippen molar-refractivity contribution in [2.24, 2.45) is 18.9 Å². The average Bonchev–Trinajstić information content (AvgIpc) is 3.15. The zero-order valence-corrected chi connectivity index (χ0v) is 14.5. The van der Waals surface area contributed by atoms with Crippen LogP contribution in [0.2, 0.25) is 0 Å². The van der Waals surface area contributed by atoms with Crippen LogP contribution >= 0.6 is 11.3 Å². The van der Waals surface area contributed by atoms with Gasteiger partial charge >= 0.3 is 6.18 Å². The number of hydrogen-bond donors (Lipinski definition) is 1. The first-order valence-corrected chi connectivity index (χ1v) is 9.00. The number of aromatic nitrogens is 3. The number of thiazole rings is 1. The summed E-state index contributed by atoms with van der Waals surface area (Å²) in [6.07, 6.45) is 0.767. The van der Waals surface area contributed by atoms with E-state index in [0.717, 1.165) is 11.3 Å². The fourth-order valence-corrected chi connectivity index (χ4v) is 3.88. The first-order chi connectivity index (χ1) is 11.8. The monoisotopic (exact) mass is 372 g/mol. The number of hydrogen-bond acceptors (Lipinski definition) is 4. The second-order valence-electron chi connectivity index (χ2n) is 6.45. The molecule has 1 fully saturated rings. The molecule has 5 nitrogen and oxygen atoms in total. The lowest BCUT2D eigenvalue weighted by atomic mass is 9.80. The van der Waals surface area contributed by atoms with Gasteiger partial charge in [-0.1, -0.05) is 0 Å². The molecule has 1 amide bonds. The van der Waals surface area contributed by atoms with E-state index in [1.54, 1.807) is 10.9 Å². The number of halogens is 3. The largest absolute Gasteiger partial charge is 0.391 e. The van der Waals surface area contributed by atoms with Gasteiger partial charge in [0.05, 0.1) is 17.8 Å². The fraction of sp³-hybridized carbons (Fsp3) is 0.562. The van der Waals surface area contributed by atoms with Gasteiger partial charge in [-0.2, -0.15) is 18.3 Å². The summed E-state index contributed by atoms with van der Waals surface area (Å²) in [5.41, 5.74) is 1.60. The molecule has 136 valence electrons. The maximum atomic E-state index is 12.7. The fourth-order valence-electron chi connectivity index (χ4n) is 3.14. The molecule has 0 aromatic carbocycles. The molecule has 2 aromatic heterocycles. The quantitative estimate of drug-likeness (QED) is 0.873. The molecule has 0 aliphatic heterocycles. The second-order valence-corrected chi connectivity index (χ2v) is 7.31. The van der Waals surface area contributed by atoms with Crippen molar-refractivity contribution < 1.29 is 18.0 Å². The average molecular weight is 372 g/mol. The van der Waals surface area contributed by atoms with Crippen LogP contribution in [-0.2, 0) is 11.8 Å². The Labute approximate surface area is 147 Å². The highest BCUT2D eigenvalue weighted by Crippen LogP contribution is 2.40. The predicted molar refractivity (Wildman–Crippen MR) is 89.1 cm³/mol. The number of amides is 1. The summed E-state index contributed by atoms with van der Waals surface area (Å²) in [5.74, 6) is -1.40. The predicted octanol–water partition coefficient (Wildman–Crippen LogP) is 4.24. The minimum Gasteiger partial charge on any atom is -0.302 e. The van der Waals surface area contributed by atoms with Gasteiger partial charge in [0, 0.05) is 30.6 Å². The van der Waals surface area contributed by atoms with E-state index in [1.165, 1.54) is 11.3 Å². The Balaban J connectivity index is 1.50. The number of carbonyl (C=O) groups is 1. The Bertz CT molecular complexity index is 732. The Kier molecular flexibility index (Phi) is 5.12. The van der Waals surface area contributed by atoms with E-state index in [9.17, 15) is 18.0 Å². The van der Waals surface area contributed by atoms with E-state index in [0.29, 0.717) is 18.0 Å². The highest BCUT2D eigenvalue weighted by molar-refractivity contribution is 7.14. The van der Waals surface area contributed by atoms with Crippen molar-refractivity contribution in [3.05, 3.63) is 17.8 Å². The van der Waals surface area contributed by atoms with Gasteiger partial charge in [0.15, 0.2) is 5.13 Å². The van der Waals surface area contributed by atoms with Crippen LogP contribution in [0.25, 0.3) is 11.3 Å². The molecule has 1 saturated carbocycles. The third-order valence-corrected chi connectivity index (χ3v) is 5.29. The van der Waals surface area contributed by atoms with Crippen LogP contribution in [0.4, 0.5) is 18.3 Å². The summed E-state index contributed by atoms with van der Waals surface area (Å²) < 4.78 is 39.7. The summed E-state index contributed by atoms with van der Waals surface area (Å²) in [5, 5.41) is 9.15. The van der Waals surface area contributed by atoms with Gasteiger partial charge in [-0.05, 0) is 31.6 Å². The summed E-state index contributed by atoms with van der Waals surface area (Å²) >= 11 is 1.32. The van der Waals surface area contributed by atoms with Crippen LogP contribution in [0.5, 0.6) is 0 Å². The summed E-state index contributed by atoms with van der Waals surface area (Å²) in [4.78, 5) is 16.5. The van der Waals surface area contributed by atoms with Crippen molar-refractivity contribution in [3.8, 4) is 11.3 Å². The number of nitrogens with one attached hydrogen (secondary N) is 1. The molecule has 2 aromatic rings. The van der Waals surface area contributed by atoms with Gasteiger partial charge < -0.3 is 5.32 Å². The lowest BCUT2D eigenvalue weighted by Crippen LogP contribution is -2.29. The van der Waals surface area contributed by atoms with E-state index in [-0.39, 0.29) is 31.1 Å². The molecule has 3 rings (SSSR count). The van der Waals surface area contributed by atoms with Gasteiger partial charge in [-0.25, -0.2) is 4.98 Å². The van der Waals surface area contributed by atoms with Crippen LogP contribution in [0.1, 0.15) is 32.1 Å². The maximum absolute atomic E-state index is 12.7. The standard InChI is InChI=1S/C16H19F3N4OS/c1-23-8-11(7-20-23)13-9-25-15(21-13)22-14(24)6-10-2-4-12(5-3-10)16(17,18)19/h7-10,12H,2-6H2,1H3,(H,21,22,24). The first kappa shape index (κ1) is 17.9. The van der Waals surface area contributed by atoms with Crippen LogP contribution in [0.15, 0.2) is 17.8 Å². The molecule has 0 atom stereocenters. The molecule has 0 spiro atoms. The normalized spacial score (nSPS) is 21.3. The third kappa shape index (κ3) is 4.59. The Morgan fingerprint density at radius 3 is 2.68 bits per heavy atom. The topological polar surface area (TPSA) is 59.8 Å². The SMILES string of the molecule is Cn1cc(-c2csc(NC(=O)CC3CCC(C(F)(F)F)CC3)n2)cn1. The van der Waals surface area contributed by atoms with Crippen LogP contribution < -0.4 is 5.32 Å². The van der Waals surface area contributed by atoms with Crippen molar-refractivity contribution in [3.63, 3.8) is 0 Å². The van der Waals surface area contributed by atoms with Crippen LogP contribution in [0, 0.1) is 11.8 Å². The molecule has 0 saturated heterocycles. The van der Waals surface area contributed by atoms with E-state index in [1.807, 2.05) is 18.6 Å². The highest BCUT2D eigenvalue weighted by atomic mass is 32.1. The van der Waals surface area contributed by atoms with Gasteiger partial charge in [0.2, 0.25) is 5.91 Å². The second kappa shape index (κ2) is 7.15. The summed E-state index contributed by atoms with van der Waals surface area (Å²) in [7, 11) is 1.81. The van der Waals surface area contributed by atoms with Gasteiger partial charge in [0.1, 0.15) is 0 Å². The van der Waals surface area contributed by atoms with Gasteiger partial charge in [0.25, 0.3) is 0 Å². The lowest BCUT2D eigenvalue weighted by Gasteiger charge is -2.29. The molecule has 1 aliphatic carbocycles. The van der Waals surface area contributed by atoms with E-state index >= 15 is 0 Å². The Morgan fingerprint density at radius 2 is 2.08 bits per heavy atom. The van der Waals surface area contributed by atoms with E-state index in [2.05, 4.69) is 15.4 Å². The number of nitrogens with zero attached hydrogens (tertiary/aromatic N) is 3. The highest BCUT2D eigenvalue weighted by Gasteiger charge is 2.41. The van der Waals surface area contributed by atoms with Crippen LogP contribution in [0.3, 0.4) is 0 Å². The molecular formula is C16H19F3N4OS. The molecule has 1 aliphatic rings. The molecule has 0 radical (unpaired) electrons. The van der Waals surface area contributed by atoms with E-state index in [4.69, 9.17) is 0 Å². The van der Waals surface area contributed by atoms with Crippen molar-refractivity contribution in [1.29, 1.82) is 0 Å². The van der Waals surface area contributed by atoms with Crippen molar-refractivity contribution in [2.45, 2.75) is 38.3 Å². The molecule has 0 bridgehead atoms. The zero-order valence-electron chi connectivity index (χ0n) is 13.7. The van der Waals surface area contributed by atoms with Gasteiger partial charge in [-0.3, -0.25) is 9.48 Å². The van der Waals surface area contributed by atoms with Crippen molar-refractivity contribution in [1.82, 2.24) is 14.8 Å². The minimum absolute atomic E-state index is 0.0105. The third-order valence-electron chi connectivity index (χ3n) is 4.53. The van der Waals surface area contributed by atoms with Crippen LogP contribution in [-0.4, -0.2) is 26.8 Å². The van der Waals surface area contributed by atoms with Gasteiger partial charge in [-0.15, -0.1) is 11.3 Å². The molecule has 2 heterocycles. The number of rotatable bonds is 4. The molecule has 25 heavy (non-hydrogen) atoms. The summed E-state index contributed by atoms with van der Waals surface area (Å²) in [6, 6.07) is 0. The number of aryl methyl sites for hydroxylation is 1. The van der Waals surface area contributed by atoms with Crippen molar-refractivity contribution >= 4 is 22.4 Å². The Morgan fingerprint density at radius 1 is 1.36 bits per heavy atom. The number of carbonyl (C=O) groups excluding carboxylic acids is 1. The smallest absolute Gasteiger partial charge is 0.302 e. The molecular weight excluding hydrogens is 353 g/mol. The lowest BCUT2D eigenvalue weighted by molar-refractivity contribution is -0.183. The van der Waals surface area contributed by atoms with E-state index < -0.39 is 12.1 Å². The van der Waals surface area contributed by atoms with Crippen molar-refractivity contribution in [2.75, 3.05) is 5.32 Å². The summed E-state index contributed by atoms with van der Waals surface area (Å²) in [6.45, 7) is 0. The zero-order chi connectivity index (χ0) is 18.0. The molecule has 1 N–H and O–H groups in total. The number of anilines is 1. The number of alkyl halides is 3. The molecule has 0 unspecified atom stereocenters.